The summed E-state index contributed by atoms with van der Waals surface area (Å²) in [5.74, 6) is -0.625. The minimum Gasteiger partial charge on any atom is -2.00 e. The molecule has 1 aliphatic heterocycles. The SMILES string of the molecule is C1COCCN1.N=C(N)NC(=N)N.[H+].[H+].[S-2]. The number of nitrogens with one attached hydrogen (secondary N) is 4. The summed E-state index contributed by atoms with van der Waals surface area (Å²) in [6.07, 6.45) is 0. The van der Waals surface area contributed by atoms with Crippen LogP contribution in [0.4, 0.5) is 0 Å². The minimum atomic E-state index is -0.312. The Morgan fingerprint density at radius 3 is 1.71 bits per heavy atom. The molecule has 0 amide bonds. The summed E-state index contributed by atoms with van der Waals surface area (Å²) in [6.45, 7) is 3.83. The quantitative estimate of drug-likeness (QED) is 0.212. The van der Waals surface area contributed by atoms with Gasteiger partial charge >= 0.3 is 2.85 Å². The molecule has 0 aromatic carbocycles. The molecule has 0 bridgehead atoms. The number of rotatable bonds is 0. The van der Waals surface area contributed by atoms with Crippen LogP contribution in [0.5, 0.6) is 0 Å². The number of morpholine rings is 1. The average molecular weight is 222 g/mol. The topological polar surface area (TPSA) is 133 Å². The van der Waals surface area contributed by atoms with Crippen molar-refractivity contribution in [2.45, 2.75) is 0 Å². The van der Waals surface area contributed by atoms with Gasteiger partial charge in [-0.25, -0.2) is 0 Å². The molecule has 0 atom stereocenters. The standard InChI is InChI=1S/C4H9NO.C2H7N5.S/c1-3-6-4-2-5-1;3-1(4)7-2(5)6;/h5H,1-4H2;(H7,3,4,5,6,7);/q;;-2/p+2. The van der Waals surface area contributed by atoms with E-state index < -0.39 is 0 Å². The number of guanidine groups is 2. The van der Waals surface area contributed by atoms with E-state index in [9.17, 15) is 0 Å². The van der Waals surface area contributed by atoms with E-state index in [1.54, 1.807) is 0 Å². The van der Waals surface area contributed by atoms with Crippen LogP contribution < -0.4 is 22.1 Å². The summed E-state index contributed by atoms with van der Waals surface area (Å²) in [7, 11) is 0. The normalized spacial score (nSPS) is 14.0. The van der Waals surface area contributed by atoms with Crippen LogP contribution >= 0.6 is 0 Å². The lowest BCUT2D eigenvalue weighted by Gasteiger charge is -2.10. The molecule has 1 heterocycles. The molecule has 7 nitrogen and oxygen atoms in total. The molecular formula is C6H18N6OS. The van der Waals surface area contributed by atoms with Gasteiger partial charge in [0.15, 0.2) is 11.9 Å². The molecule has 0 aliphatic carbocycles. The molecule has 1 saturated heterocycles. The molecule has 14 heavy (non-hydrogen) atoms. The van der Waals surface area contributed by atoms with Crippen LogP contribution in [0.2, 0.25) is 0 Å². The summed E-state index contributed by atoms with van der Waals surface area (Å²) >= 11 is 0. The Kier molecular flexibility index (Phi) is 11.2. The summed E-state index contributed by atoms with van der Waals surface area (Å²) in [5.41, 5.74) is 9.49. The zero-order valence-electron chi connectivity index (χ0n) is 9.80. The number of hydrogen-bond acceptors (Lipinski definition) is 4. The molecule has 0 aromatic heterocycles. The minimum absolute atomic E-state index is 0. The predicted molar refractivity (Wildman–Crippen MR) is 60.2 cm³/mol. The first-order chi connectivity index (χ1) is 6.13. The maximum absolute atomic E-state index is 6.47. The van der Waals surface area contributed by atoms with Gasteiger partial charge in [0, 0.05) is 13.1 Å². The third-order valence-corrected chi connectivity index (χ3v) is 1.12. The lowest BCUT2D eigenvalue weighted by Crippen LogP contribution is -2.39. The first-order valence-corrected chi connectivity index (χ1v) is 3.86. The van der Waals surface area contributed by atoms with Gasteiger partial charge in [-0.15, -0.1) is 0 Å². The van der Waals surface area contributed by atoms with Gasteiger partial charge in [-0.3, -0.25) is 16.1 Å². The highest BCUT2D eigenvalue weighted by molar-refractivity contribution is 7.37. The molecule has 8 N–H and O–H groups in total. The van der Waals surface area contributed by atoms with Gasteiger partial charge in [0.25, 0.3) is 0 Å². The molecule has 1 aliphatic rings. The van der Waals surface area contributed by atoms with Crippen molar-refractivity contribution >= 4 is 25.4 Å². The number of hydrogen-bond donors (Lipinski definition) is 6. The monoisotopic (exact) mass is 222 g/mol. The smallest absolute Gasteiger partial charge is 1.00 e. The Morgan fingerprint density at radius 2 is 1.64 bits per heavy atom. The Balaban J connectivity index is -0.0000000760. The van der Waals surface area contributed by atoms with E-state index in [1.807, 2.05) is 5.32 Å². The van der Waals surface area contributed by atoms with Crippen LogP contribution in [-0.2, 0) is 18.2 Å². The van der Waals surface area contributed by atoms with Crippen molar-refractivity contribution in [3.63, 3.8) is 0 Å². The van der Waals surface area contributed by atoms with Crippen molar-refractivity contribution in [1.82, 2.24) is 10.6 Å². The lowest BCUT2D eigenvalue weighted by atomic mass is 10.5. The van der Waals surface area contributed by atoms with Gasteiger partial charge in [0.05, 0.1) is 13.2 Å². The van der Waals surface area contributed by atoms with E-state index in [-0.39, 0.29) is 28.3 Å². The Labute approximate surface area is 93.0 Å². The second kappa shape index (κ2) is 10.1. The Bertz CT molecular complexity index is 157. The van der Waals surface area contributed by atoms with Gasteiger partial charge < -0.3 is 35.0 Å². The molecular weight excluding hydrogens is 204 g/mol. The molecule has 1 rings (SSSR count). The van der Waals surface area contributed by atoms with Gasteiger partial charge in [-0.2, -0.15) is 0 Å². The van der Waals surface area contributed by atoms with Crippen molar-refractivity contribution in [2.75, 3.05) is 26.3 Å². The fourth-order valence-corrected chi connectivity index (χ4v) is 0.661. The number of ether oxygens (including phenoxy) is 1. The van der Waals surface area contributed by atoms with Crippen LogP contribution in [0, 0.1) is 10.8 Å². The second-order valence-electron chi connectivity index (χ2n) is 2.31. The van der Waals surface area contributed by atoms with E-state index in [0.29, 0.717) is 0 Å². The van der Waals surface area contributed by atoms with E-state index in [1.165, 1.54) is 0 Å². The van der Waals surface area contributed by atoms with Gasteiger partial charge in [0.1, 0.15) is 0 Å². The predicted octanol–water partition coefficient (Wildman–Crippen LogP) is -1.81. The van der Waals surface area contributed by atoms with E-state index in [2.05, 4.69) is 5.32 Å². The molecule has 0 aromatic rings. The Morgan fingerprint density at radius 1 is 1.21 bits per heavy atom. The summed E-state index contributed by atoms with van der Waals surface area (Å²) in [6, 6.07) is 0. The maximum Gasteiger partial charge on any atom is 1.00 e. The summed E-state index contributed by atoms with van der Waals surface area (Å²) in [5, 5.41) is 18.1. The van der Waals surface area contributed by atoms with Crippen molar-refractivity contribution in [1.29, 1.82) is 10.8 Å². The highest BCUT2D eigenvalue weighted by atomic mass is 32.1. The van der Waals surface area contributed by atoms with Crippen molar-refractivity contribution in [3.8, 4) is 0 Å². The van der Waals surface area contributed by atoms with Gasteiger partial charge in [-0.1, -0.05) is 0 Å². The Hall–Kier alpha value is -0.990. The molecule has 0 radical (unpaired) electrons. The zero-order valence-corrected chi connectivity index (χ0v) is 8.62. The summed E-state index contributed by atoms with van der Waals surface area (Å²) in [4.78, 5) is 0. The molecule has 8 heteroatoms. The van der Waals surface area contributed by atoms with Crippen molar-refractivity contribution < 1.29 is 7.59 Å². The van der Waals surface area contributed by atoms with E-state index >= 15 is 0 Å². The fraction of sp³-hybridized carbons (Fsp3) is 0.667. The average Bonchev–Trinajstić information content (AvgIpc) is 2.06. The maximum atomic E-state index is 6.47. The van der Waals surface area contributed by atoms with Crippen LogP contribution in [-0.4, -0.2) is 38.2 Å². The van der Waals surface area contributed by atoms with Crippen LogP contribution in [0.1, 0.15) is 2.85 Å². The molecule has 84 valence electrons. The zero-order chi connectivity index (χ0) is 10.1. The van der Waals surface area contributed by atoms with Crippen molar-refractivity contribution in [2.24, 2.45) is 11.5 Å². The first kappa shape index (κ1) is 15.5. The number of nitrogens with two attached hydrogens (primary N) is 2. The van der Waals surface area contributed by atoms with Crippen molar-refractivity contribution in [3.05, 3.63) is 0 Å². The second-order valence-corrected chi connectivity index (χ2v) is 2.31. The highest BCUT2D eigenvalue weighted by Crippen LogP contribution is 1.76. The van der Waals surface area contributed by atoms with Crippen LogP contribution in [0.3, 0.4) is 0 Å². The third kappa shape index (κ3) is 13.6. The molecule has 0 spiro atoms. The van der Waals surface area contributed by atoms with Crippen LogP contribution in [0.15, 0.2) is 0 Å². The van der Waals surface area contributed by atoms with Gasteiger partial charge in [-0.05, 0) is 0 Å². The summed E-state index contributed by atoms with van der Waals surface area (Å²) < 4.78 is 5.01. The molecule has 0 saturated carbocycles. The fourth-order valence-electron chi connectivity index (χ4n) is 0.661. The van der Waals surface area contributed by atoms with Gasteiger partial charge in [0.2, 0.25) is 0 Å². The highest BCUT2D eigenvalue weighted by Gasteiger charge is 1.92. The molecule has 1 fully saturated rings. The third-order valence-electron chi connectivity index (χ3n) is 1.12. The van der Waals surface area contributed by atoms with Crippen LogP contribution in [0.25, 0.3) is 0 Å². The lowest BCUT2D eigenvalue weighted by molar-refractivity contribution is 0.109. The molecule has 0 unspecified atom stereocenters. The first-order valence-electron chi connectivity index (χ1n) is 3.86. The largest absolute Gasteiger partial charge is 2.00 e. The van der Waals surface area contributed by atoms with E-state index in [0.717, 1.165) is 26.3 Å². The van der Waals surface area contributed by atoms with E-state index in [4.69, 9.17) is 27.0 Å².